The van der Waals surface area contributed by atoms with E-state index in [4.69, 9.17) is 16.7 Å². The van der Waals surface area contributed by atoms with Crippen LogP contribution in [0.5, 0.6) is 0 Å². The molecule has 118 valence electrons. The molecule has 0 bridgehead atoms. The van der Waals surface area contributed by atoms with Gasteiger partial charge in [-0.15, -0.1) is 0 Å². The molecule has 2 N–H and O–H groups in total. The van der Waals surface area contributed by atoms with E-state index >= 15 is 0 Å². The van der Waals surface area contributed by atoms with Crippen LogP contribution in [0.25, 0.3) is 0 Å². The highest BCUT2D eigenvalue weighted by Gasteiger charge is 2.17. The first kappa shape index (κ1) is 17.9. The number of carboxylic acid groups (broad SMARTS) is 1. The zero-order valence-electron chi connectivity index (χ0n) is 11.0. The molecule has 21 heavy (non-hydrogen) atoms. The van der Waals surface area contributed by atoms with E-state index in [1.54, 1.807) is 0 Å². The van der Waals surface area contributed by atoms with Gasteiger partial charge in [-0.1, -0.05) is 11.6 Å². The van der Waals surface area contributed by atoms with Crippen LogP contribution in [0, 0.1) is 0 Å². The van der Waals surface area contributed by atoms with E-state index < -0.39 is 25.8 Å². The molecule has 0 radical (unpaired) electrons. The molecule has 0 fully saturated rings. The predicted molar refractivity (Wildman–Crippen MR) is 77.9 cm³/mol. The normalized spacial score (nSPS) is 12.3. The molecule has 0 aliphatic heterocycles. The second-order valence-corrected chi connectivity index (χ2v) is 8.76. The van der Waals surface area contributed by atoms with Crippen molar-refractivity contribution in [3.05, 3.63) is 28.8 Å². The average molecular weight is 356 g/mol. The summed E-state index contributed by atoms with van der Waals surface area (Å²) in [5, 5.41) is 8.61. The summed E-state index contributed by atoms with van der Waals surface area (Å²) < 4.78 is 47.9. The van der Waals surface area contributed by atoms with Gasteiger partial charge in [-0.05, 0) is 24.6 Å². The number of nitrogens with one attached hydrogen (secondary N) is 1. The Morgan fingerprint density at radius 1 is 1.29 bits per heavy atom. The molecule has 0 saturated carbocycles. The second kappa shape index (κ2) is 6.73. The van der Waals surface area contributed by atoms with Crippen molar-refractivity contribution < 1.29 is 26.7 Å². The van der Waals surface area contributed by atoms with Crippen LogP contribution in [0.3, 0.4) is 0 Å². The first-order valence-corrected chi connectivity index (χ1v) is 9.65. The SMILES string of the molecule is CS(=O)(=O)CCCNS(=O)(=O)c1ccc(C(=O)O)c(Cl)c1. The summed E-state index contributed by atoms with van der Waals surface area (Å²) in [7, 11) is -7.01. The molecule has 10 heteroatoms. The first-order chi connectivity index (χ1) is 9.53. The zero-order chi connectivity index (χ0) is 16.3. The lowest BCUT2D eigenvalue weighted by atomic mass is 10.2. The Morgan fingerprint density at radius 3 is 2.38 bits per heavy atom. The molecule has 1 aromatic rings. The largest absolute Gasteiger partial charge is 0.478 e. The lowest BCUT2D eigenvalue weighted by Gasteiger charge is -2.08. The maximum absolute atomic E-state index is 11.9. The fraction of sp³-hybridized carbons (Fsp3) is 0.364. The summed E-state index contributed by atoms with van der Waals surface area (Å²) >= 11 is 5.70. The Balaban J connectivity index is 2.79. The summed E-state index contributed by atoms with van der Waals surface area (Å²) in [6.07, 6.45) is 1.20. The van der Waals surface area contributed by atoms with Crippen molar-refractivity contribution >= 4 is 37.4 Å². The monoisotopic (exact) mass is 355 g/mol. The molecule has 7 nitrogen and oxygen atoms in total. The molecular weight excluding hydrogens is 342 g/mol. The van der Waals surface area contributed by atoms with Gasteiger partial charge in [-0.25, -0.2) is 26.4 Å². The van der Waals surface area contributed by atoms with Crippen LogP contribution >= 0.6 is 11.6 Å². The minimum Gasteiger partial charge on any atom is -0.478 e. The van der Waals surface area contributed by atoms with Gasteiger partial charge in [-0.2, -0.15) is 0 Å². The van der Waals surface area contributed by atoms with Crippen molar-refractivity contribution in [3.8, 4) is 0 Å². The van der Waals surface area contributed by atoms with Gasteiger partial charge in [0.25, 0.3) is 0 Å². The summed E-state index contributed by atoms with van der Waals surface area (Å²) in [6, 6.07) is 3.24. The summed E-state index contributed by atoms with van der Waals surface area (Å²) in [5.74, 6) is -1.39. The van der Waals surface area contributed by atoms with Gasteiger partial charge in [-0.3, -0.25) is 0 Å². The highest BCUT2D eigenvalue weighted by molar-refractivity contribution is 7.90. The number of benzene rings is 1. The molecule has 0 atom stereocenters. The molecule has 0 spiro atoms. The second-order valence-electron chi connectivity index (χ2n) is 4.33. The fourth-order valence-corrected chi connectivity index (χ4v) is 3.56. The molecule has 0 aliphatic rings. The third-order valence-electron chi connectivity index (χ3n) is 2.47. The molecule has 1 aromatic carbocycles. The summed E-state index contributed by atoms with van der Waals surface area (Å²) in [6.45, 7) is -0.0479. The predicted octanol–water partition coefficient (Wildman–Crippen LogP) is 0.751. The molecule has 0 saturated heterocycles. The third kappa shape index (κ3) is 5.62. The van der Waals surface area contributed by atoms with Crippen LogP contribution in [-0.2, 0) is 19.9 Å². The number of sulfone groups is 1. The summed E-state index contributed by atoms with van der Waals surface area (Å²) in [4.78, 5) is 10.6. The lowest BCUT2D eigenvalue weighted by molar-refractivity contribution is 0.0697. The molecule has 0 aliphatic carbocycles. The van der Waals surface area contributed by atoms with E-state index in [0.29, 0.717) is 0 Å². The van der Waals surface area contributed by atoms with Crippen LogP contribution in [0.1, 0.15) is 16.8 Å². The fourth-order valence-electron chi connectivity index (χ4n) is 1.46. The topological polar surface area (TPSA) is 118 Å². The van der Waals surface area contributed by atoms with Gasteiger partial charge in [0, 0.05) is 12.8 Å². The van der Waals surface area contributed by atoms with Gasteiger partial charge < -0.3 is 5.11 Å². The van der Waals surface area contributed by atoms with Crippen LogP contribution in [0.2, 0.25) is 5.02 Å². The maximum atomic E-state index is 11.9. The number of aromatic carboxylic acids is 1. The Morgan fingerprint density at radius 2 is 1.90 bits per heavy atom. The van der Waals surface area contributed by atoms with Crippen LogP contribution in [0.4, 0.5) is 0 Å². The van der Waals surface area contributed by atoms with Crippen LogP contribution in [0.15, 0.2) is 23.1 Å². The Labute approximate surface area is 127 Å². The Bertz CT molecular complexity index is 742. The van der Waals surface area contributed by atoms with E-state index in [1.807, 2.05) is 0 Å². The number of carbonyl (C=O) groups is 1. The van der Waals surface area contributed by atoms with Crippen molar-refractivity contribution in [3.63, 3.8) is 0 Å². The smallest absolute Gasteiger partial charge is 0.337 e. The number of rotatable bonds is 7. The lowest BCUT2D eigenvalue weighted by Crippen LogP contribution is -2.26. The highest BCUT2D eigenvalue weighted by atomic mass is 35.5. The minimum absolute atomic E-state index is 0.0479. The molecule has 0 amide bonds. The van der Waals surface area contributed by atoms with Crippen LogP contribution < -0.4 is 4.72 Å². The zero-order valence-corrected chi connectivity index (χ0v) is 13.4. The standard InChI is InChI=1S/C11H14ClNO6S2/c1-20(16,17)6-2-5-13-21(18,19)8-3-4-9(11(14)15)10(12)7-8/h3-4,7,13H,2,5-6H2,1H3,(H,14,15). The van der Waals surface area contributed by atoms with Crippen molar-refractivity contribution in [2.24, 2.45) is 0 Å². The molecular formula is C11H14ClNO6S2. The number of carboxylic acids is 1. The van der Waals surface area contributed by atoms with Crippen molar-refractivity contribution in [2.45, 2.75) is 11.3 Å². The van der Waals surface area contributed by atoms with E-state index in [2.05, 4.69) is 4.72 Å². The van der Waals surface area contributed by atoms with Gasteiger partial charge in [0.1, 0.15) is 9.84 Å². The number of hydrogen-bond acceptors (Lipinski definition) is 5. The van der Waals surface area contributed by atoms with E-state index in [1.165, 1.54) is 0 Å². The van der Waals surface area contributed by atoms with Crippen molar-refractivity contribution in [2.75, 3.05) is 18.6 Å². The van der Waals surface area contributed by atoms with Crippen LogP contribution in [-0.4, -0.2) is 46.5 Å². The molecule has 0 aromatic heterocycles. The number of halogens is 1. The van der Waals surface area contributed by atoms with Gasteiger partial charge in [0.15, 0.2) is 0 Å². The number of hydrogen-bond donors (Lipinski definition) is 2. The first-order valence-electron chi connectivity index (χ1n) is 5.73. The average Bonchev–Trinajstić information content (AvgIpc) is 2.33. The van der Waals surface area contributed by atoms with Gasteiger partial charge in [0.2, 0.25) is 10.0 Å². The van der Waals surface area contributed by atoms with Crippen molar-refractivity contribution in [1.29, 1.82) is 0 Å². The van der Waals surface area contributed by atoms with E-state index in [0.717, 1.165) is 24.5 Å². The minimum atomic E-state index is -3.87. The highest BCUT2D eigenvalue weighted by Crippen LogP contribution is 2.20. The van der Waals surface area contributed by atoms with Gasteiger partial charge >= 0.3 is 5.97 Å². The molecule has 1 rings (SSSR count). The maximum Gasteiger partial charge on any atom is 0.337 e. The quantitative estimate of drug-likeness (QED) is 0.697. The van der Waals surface area contributed by atoms with Crippen molar-refractivity contribution in [1.82, 2.24) is 4.72 Å². The van der Waals surface area contributed by atoms with E-state index in [-0.39, 0.29) is 34.2 Å². The molecule has 0 unspecified atom stereocenters. The molecule has 0 heterocycles. The van der Waals surface area contributed by atoms with E-state index in [9.17, 15) is 21.6 Å². The Kier molecular flexibility index (Phi) is 5.74. The summed E-state index contributed by atoms with van der Waals surface area (Å²) in [5.41, 5.74) is -0.201. The Hall–Kier alpha value is -1.16. The van der Waals surface area contributed by atoms with Gasteiger partial charge in [0.05, 0.1) is 21.2 Å². The number of sulfonamides is 1. The third-order valence-corrected chi connectivity index (χ3v) is 5.27.